The summed E-state index contributed by atoms with van der Waals surface area (Å²) in [7, 11) is 3.06. The average molecular weight is 629 g/mol. The molecule has 5 heterocycles. The summed E-state index contributed by atoms with van der Waals surface area (Å²) in [6.07, 6.45) is -12.2. The van der Waals surface area contributed by atoms with Gasteiger partial charge < -0.3 is 65.1 Å². The van der Waals surface area contributed by atoms with Crippen LogP contribution in [0.3, 0.4) is 0 Å². The molecule has 1 fully saturated rings. The van der Waals surface area contributed by atoms with E-state index in [4.69, 9.17) is 49.7 Å². The molecule has 0 unspecified atom stereocenters. The van der Waals surface area contributed by atoms with Gasteiger partial charge in [0.2, 0.25) is 12.0 Å². The molecule has 5 aliphatic heterocycles. The molecule has 8 N–H and O–H groups in total. The summed E-state index contributed by atoms with van der Waals surface area (Å²) in [5, 5.41) is 42.6. The van der Waals surface area contributed by atoms with Crippen molar-refractivity contribution in [3.05, 3.63) is 41.0 Å². The Morgan fingerprint density at radius 1 is 1.11 bits per heavy atom. The first-order valence-corrected chi connectivity index (χ1v) is 14.0. The predicted molar refractivity (Wildman–Crippen MR) is 150 cm³/mol. The summed E-state index contributed by atoms with van der Waals surface area (Å²) in [5.74, 6) is 4.92. The highest BCUT2D eigenvalue weighted by Gasteiger charge is 2.59. The lowest BCUT2D eigenvalue weighted by Gasteiger charge is -2.50. The van der Waals surface area contributed by atoms with Crippen LogP contribution in [0.1, 0.15) is 41.6 Å². The SMILES string of the molecule is COc1ccc2c(c1OC)O[C@@H]1c3cc4c(cc3OC[C@@H]21)O[C@@H]1O[C@H]([C@H](OC(=O)CC(=O)O)C(N)N)[C@](O)(CC#C4)[C@H](O)[C@H]1O. The second-order valence-electron chi connectivity index (χ2n) is 11.1. The fourth-order valence-electron chi connectivity index (χ4n) is 6.14. The monoisotopic (exact) mass is 628 g/mol. The molecule has 7 rings (SSSR count). The molecule has 240 valence electrons. The van der Waals surface area contributed by atoms with Gasteiger partial charge in [-0.3, -0.25) is 9.59 Å². The molecule has 0 amide bonds. The first-order chi connectivity index (χ1) is 21.5. The second kappa shape index (κ2) is 11.6. The summed E-state index contributed by atoms with van der Waals surface area (Å²) in [6, 6.07) is 6.97. The Balaban J connectivity index is 1.36. The number of aliphatic hydroxyl groups excluding tert-OH is 2. The van der Waals surface area contributed by atoms with Gasteiger partial charge in [0.25, 0.3) is 0 Å². The molecule has 2 bridgehead atoms. The van der Waals surface area contributed by atoms with Crippen LogP contribution in [-0.4, -0.2) is 95.7 Å². The van der Waals surface area contributed by atoms with Crippen LogP contribution in [0.2, 0.25) is 0 Å². The van der Waals surface area contributed by atoms with E-state index in [0.29, 0.717) is 34.1 Å². The van der Waals surface area contributed by atoms with Crippen molar-refractivity contribution in [2.75, 3.05) is 20.8 Å². The van der Waals surface area contributed by atoms with Gasteiger partial charge in [0.15, 0.2) is 17.6 Å². The largest absolute Gasteiger partial charge is 0.493 e. The maximum Gasteiger partial charge on any atom is 0.317 e. The molecule has 0 spiro atoms. The van der Waals surface area contributed by atoms with Crippen molar-refractivity contribution < 1.29 is 63.2 Å². The molecule has 45 heavy (non-hydrogen) atoms. The number of methoxy groups -OCH3 is 2. The van der Waals surface area contributed by atoms with Crippen LogP contribution in [0.25, 0.3) is 0 Å². The molecule has 2 aromatic rings. The number of carbonyl (C=O) groups is 2. The number of hydrogen-bond donors (Lipinski definition) is 6. The molecular weight excluding hydrogens is 596 g/mol. The lowest BCUT2D eigenvalue weighted by atomic mass is 9.78. The minimum atomic E-state index is -2.37. The van der Waals surface area contributed by atoms with Crippen LogP contribution in [0.5, 0.6) is 28.7 Å². The molecule has 0 saturated carbocycles. The summed E-state index contributed by atoms with van der Waals surface area (Å²) in [4.78, 5) is 23.2. The van der Waals surface area contributed by atoms with Crippen LogP contribution >= 0.6 is 0 Å². The van der Waals surface area contributed by atoms with Gasteiger partial charge in [-0.15, -0.1) is 0 Å². The van der Waals surface area contributed by atoms with Gasteiger partial charge in [-0.1, -0.05) is 17.9 Å². The first kappa shape index (κ1) is 30.7. The Hall–Kier alpha value is -4.30. The predicted octanol–water partition coefficient (Wildman–Crippen LogP) is -0.745. The average Bonchev–Trinajstić information content (AvgIpc) is 3.38. The number of carboxylic acid groups (broad SMARTS) is 1. The highest BCUT2D eigenvalue weighted by Crippen LogP contribution is 2.56. The van der Waals surface area contributed by atoms with Crippen molar-refractivity contribution in [3.8, 4) is 40.6 Å². The highest BCUT2D eigenvalue weighted by molar-refractivity contribution is 5.90. The van der Waals surface area contributed by atoms with Gasteiger partial charge >= 0.3 is 11.9 Å². The Bertz CT molecular complexity index is 1590. The summed E-state index contributed by atoms with van der Waals surface area (Å²) >= 11 is 0. The van der Waals surface area contributed by atoms with E-state index in [0.717, 1.165) is 5.56 Å². The number of carbonyl (C=O) groups excluding carboxylic acids is 1. The number of fused-ring (bicyclic) bond motifs is 8. The number of carboxylic acids is 1. The Labute approximate surface area is 256 Å². The fourth-order valence-corrected chi connectivity index (χ4v) is 6.14. The van der Waals surface area contributed by atoms with E-state index in [1.807, 2.05) is 6.07 Å². The van der Waals surface area contributed by atoms with E-state index in [-0.39, 0.29) is 18.3 Å². The molecule has 0 radical (unpaired) electrons. The molecular formula is C30H32N2O13. The standard InChI is InChI=1S/C30H32N2O13/c1-39-16-6-5-13-15-11-41-18-9-17-12(8-14(18)22(15)44-23(13)24(16)40-2)4-3-7-30(38)26(37)21(36)29(42-17)45-27(30)25(28(31)32)43-20(35)10-19(33)34/h5-6,8-9,15,21-22,25-29,36-38H,7,10-11,31-32H2,1-2H3,(H,33,34)/t15-,21+,22+,25-,26+,27+,29+,30-/m0/s1. The zero-order valence-electron chi connectivity index (χ0n) is 24.2. The maximum absolute atomic E-state index is 12.2. The third kappa shape index (κ3) is 5.15. The molecule has 0 aliphatic carbocycles. The van der Waals surface area contributed by atoms with E-state index in [2.05, 4.69) is 11.8 Å². The minimum Gasteiger partial charge on any atom is -0.493 e. The molecule has 2 aromatic carbocycles. The highest BCUT2D eigenvalue weighted by atomic mass is 16.7. The van der Waals surface area contributed by atoms with E-state index < -0.39 is 73.4 Å². The normalized spacial score (nSPS) is 29.6. The third-order valence-corrected chi connectivity index (χ3v) is 8.34. The van der Waals surface area contributed by atoms with Crippen molar-refractivity contribution in [2.45, 2.75) is 67.3 Å². The summed E-state index contributed by atoms with van der Waals surface area (Å²) in [5.41, 5.74) is 11.2. The quantitative estimate of drug-likeness (QED) is 0.0959. The Morgan fingerprint density at radius 2 is 1.89 bits per heavy atom. The molecule has 5 aliphatic rings. The first-order valence-electron chi connectivity index (χ1n) is 14.0. The van der Waals surface area contributed by atoms with Crippen molar-refractivity contribution >= 4 is 11.9 Å². The van der Waals surface area contributed by atoms with Gasteiger partial charge in [-0.25, -0.2) is 0 Å². The van der Waals surface area contributed by atoms with Crippen LogP contribution in [0, 0.1) is 11.8 Å². The van der Waals surface area contributed by atoms with Gasteiger partial charge in [0.1, 0.15) is 47.9 Å². The maximum atomic E-state index is 12.2. The number of ether oxygens (including phenoxy) is 7. The zero-order chi connectivity index (χ0) is 32.2. The Morgan fingerprint density at radius 3 is 2.58 bits per heavy atom. The van der Waals surface area contributed by atoms with Crippen molar-refractivity contribution in [2.24, 2.45) is 11.5 Å². The molecule has 15 heteroatoms. The van der Waals surface area contributed by atoms with Gasteiger partial charge in [-0.05, 0) is 12.1 Å². The van der Waals surface area contributed by atoms with Crippen LogP contribution in [0.15, 0.2) is 24.3 Å². The molecule has 8 atom stereocenters. The zero-order valence-corrected chi connectivity index (χ0v) is 24.2. The van der Waals surface area contributed by atoms with Crippen molar-refractivity contribution in [3.63, 3.8) is 0 Å². The molecule has 0 aromatic heterocycles. The van der Waals surface area contributed by atoms with Gasteiger partial charge in [0, 0.05) is 23.6 Å². The number of aliphatic hydroxyl groups is 3. The summed E-state index contributed by atoms with van der Waals surface area (Å²) < 4.78 is 40.6. The van der Waals surface area contributed by atoms with Crippen LogP contribution in [0.4, 0.5) is 0 Å². The number of benzene rings is 2. The lowest BCUT2D eigenvalue weighted by Crippen LogP contribution is -2.72. The minimum absolute atomic E-state index is 0.119. The van der Waals surface area contributed by atoms with Crippen molar-refractivity contribution in [1.29, 1.82) is 0 Å². The Kier molecular flexibility index (Phi) is 7.89. The number of nitrogens with two attached hydrogens (primary N) is 2. The third-order valence-electron chi connectivity index (χ3n) is 8.34. The number of rotatable bonds is 7. The lowest BCUT2D eigenvalue weighted by molar-refractivity contribution is -0.324. The fraction of sp³-hybridized carbons (Fsp3) is 0.467. The molecule has 15 nitrogen and oxygen atoms in total. The van der Waals surface area contributed by atoms with E-state index >= 15 is 0 Å². The van der Waals surface area contributed by atoms with Crippen LogP contribution < -0.4 is 35.2 Å². The number of esters is 1. The van der Waals surface area contributed by atoms with Gasteiger partial charge in [-0.2, -0.15) is 0 Å². The van der Waals surface area contributed by atoms with Crippen LogP contribution in [-0.2, 0) is 19.1 Å². The summed E-state index contributed by atoms with van der Waals surface area (Å²) in [6.45, 7) is 0.263. The van der Waals surface area contributed by atoms with E-state index in [1.165, 1.54) is 14.2 Å². The number of hydrogen-bond acceptors (Lipinski definition) is 14. The molecule has 1 saturated heterocycles. The van der Waals surface area contributed by atoms with Crippen molar-refractivity contribution in [1.82, 2.24) is 0 Å². The van der Waals surface area contributed by atoms with E-state index in [1.54, 1.807) is 18.2 Å². The second-order valence-corrected chi connectivity index (χ2v) is 11.1. The smallest absolute Gasteiger partial charge is 0.317 e. The van der Waals surface area contributed by atoms with Gasteiger partial charge in [0.05, 0.1) is 38.5 Å². The topological polar surface area (TPSA) is 232 Å². The van der Waals surface area contributed by atoms with E-state index in [9.17, 15) is 24.9 Å². The number of aliphatic carboxylic acids is 1.